The Labute approximate surface area is 113 Å². The van der Waals surface area contributed by atoms with Crippen molar-refractivity contribution in [1.29, 1.82) is 0 Å². The van der Waals surface area contributed by atoms with Crippen molar-refractivity contribution in [3.63, 3.8) is 0 Å². The summed E-state index contributed by atoms with van der Waals surface area (Å²) >= 11 is 0. The summed E-state index contributed by atoms with van der Waals surface area (Å²) in [6.45, 7) is 2.90. The molecule has 1 heterocycles. The van der Waals surface area contributed by atoms with Gasteiger partial charge in [-0.25, -0.2) is 0 Å². The number of hydrazine groups is 1. The van der Waals surface area contributed by atoms with E-state index < -0.39 is 0 Å². The highest BCUT2D eigenvalue weighted by atomic mass is 16.5. The Bertz CT molecular complexity index is 530. The number of rotatable bonds is 6. The molecule has 1 aromatic carbocycles. The molecule has 0 bridgehead atoms. The minimum atomic E-state index is 0.122. The van der Waals surface area contributed by atoms with E-state index in [1.54, 1.807) is 7.11 Å². The van der Waals surface area contributed by atoms with Crippen LogP contribution in [0, 0.1) is 5.92 Å². The number of aromatic nitrogens is 1. The third kappa shape index (κ3) is 3.50. The van der Waals surface area contributed by atoms with Crippen molar-refractivity contribution in [2.75, 3.05) is 13.7 Å². The summed E-state index contributed by atoms with van der Waals surface area (Å²) in [4.78, 5) is 4.38. The average molecular weight is 259 g/mol. The van der Waals surface area contributed by atoms with E-state index in [9.17, 15) is 0 Å². The summed E-state index contributed by atoms with van der Waals surface area (Å²) in [5, 5.41) is 1.15. The molecule has 2 rings (SSSR count). The maximum atomic E-state index is 5.68. The van der Waals surface area contributed by atoms with Gasteiger partial charge in [0.05, 0.1) is 5.52 Å². The van der Waals surface area contributed by atoms with Crippen LogP contribution in [0.4, 0.5) is 0 Å². The lowest BCUT2D eigenvalue weighted by atomic mass is 9.96. The fraction of sp³-hybridized carbons (Fsp3) is 0.400. The molecule has 4 nitrogen and oxygen atoms in total. The van der Waals surface area contributed by atoms with E-state index in [0.717, 1.165) is 29.5 Å². The zero-order valence-corrected chi connectivity index (χ0v) is 11.5. The molecule has 0 aliphatic rings. The monoisotopic (exact) mass is 259 g/mol. The maximum absolute atomic E-state index is 5.68. The van der Waals surface area contributed by atoms with E-state index in [4.69, 9.17) is 10.6 Å². The second-order valence-electron chi connectivity index (χ2n) is 4.97. The molecule has 2 aromatic rings. The topological polar surface area (TPSA) is 60.2 Å². The molecule has 4 heteroatoms. The number of pyridine rings is 1. The first-order valence-corrected chi connectivity index (χ1v) is 6.54. The van der Waals surface area contributed by atoms with Crippen LogP contribution in [0.2, 0.25) is 0 Å². The summed E-state index contributed by atoms with van der Waals surface area (Å²) in [5.41, 5.74) is 5.05. The van der Waals surface area contributed by atoms with Crippen LogP contribution in [0.25, 0.3) is 10.9 Å². The zero-order chi connectivity index (χ0) is 13.7. The number of methoxy groups -OCH3 is 1. The lowest BCUT2D eigenvalue weighted by Gasteiger charge is -2.20. The molecule has 0 saturated heterocycles. The number of fused-ring (bicyclic) bond motifs is 1. The number of benzene rings is 1. The van der Waals surface area contributed by atoms with Crippen LogP contribution in [0.1, 0.15) is 24.9 Å². The number of hydrogen-bond donors (Lipinski definition) is 2. The maximum Gasteiger partial charge on any atom is 0.0705 e. The Morgan fingerprint density at radius 3 is 2.95 bits per heavy atom. The van der Waals surface area contributed by atoms with Crippen molar-refractivity contribution in [1.82, 2.24) is 10.4 Å². The van der Waals surface area contributed by atoms with Gasteiger partial charge in [-0.1, -0.05) is 25.1 Å². The number of nitrogens with zero attached hydrogens (tertiary/aromatic N) is 1. The molecule has 0 aliphatic carbocycles. The molecule has 0 radical (unpaired) electrons. The highest BCUT2D eigenvalue weighted by Crippen LogP contribution is 2.23. The summed E-state index contributed by atoms with van der Waals surface area (Å²) in [6.07, 6.45) is 2.74. The molecule has 19 heavy (non-hydrogen) atoms. The quantitative estimate of drug-likeness (QED) is 0.618. The van der Waals surface area contributed by atoms with Gasteiger partial charge in [0, 0.05) is 31.3 Å². The van der Waals surface area contributed by atoms with Crippen LogP contribution >= 0.6 is 0 Å². The standard InChI is InChI=1S/C15H21N3O/c1-11(10-19-2)8-15(18-16)13-6-5-12-4-3-7-17-14(12)9-13/h3-7,9,11,15,18H,8,10,16H2,1-2H3. The summed E-state index contributed by atoms with van der Waals surface area (Å²) in [7, 11) is 1.72. The third-order valence-electron chi connectivity index (χ3n) is 3.32. The second kappa shape index (κ2) is 6.61. The smallest absolute Gasteiger partial charge is 0.0705 e. The first kappa shape index (κ1) is 13.9. The molecule has 102 valence electrons. The van der Waals surface area contributed by atoms with Crippen LogP contribution in [0.3, 0.4) is 0 Å². The van der Waals surface area contributed by atoms with Gasteiger partial charge in [-0.15, -0.1) is 0 Å². The van der Waals surface area contributed by atoms with Crippen molar-refractivity contribution in [3.05, 3.63) is 42.1 Å². The van der Waals surface area contributed by atoms with Crippen molar-refractivity contribution < 1.29 is 4.74 Å². The summed E-state index contributed by atoms with van der Waals surface area (Å²) in [5.74, 6) is 6.13. The fourth-order valence-corrected chi connectivity index (χ4v) is 2.36. The van der Waals surface area contributed by atoms with Crippen molar-refractivity contribution in [2.24, 2.45) is 11.8 Å². The summed E-state index contributed by atoms with van der Waals surface area (Å²) in [6, 6.07) is 10.4. The van der Waals surface area contributed by atoms with E-state index in [0.29, 0.717) is 5.92 Å². The minimum Gasteiger partial charge on any atom is -0.384 e. The first-order valence-electron chi connectivity index (χ1n) is 6.54. The van der Waals surface area contributed by atoms with Gasteiger partial charge in [0.2, 0.25) is 0 Å². The number of hydrogen-bond acceptors (Lipinski definition) is 4. The van der Waals surface area contributed by atoms with Gasteiger partial charge in [-0.2, -0.15) is 0 Å². The molecule has 3 N–H and O–H groups in total. The molecule has 0 aliphatic heterocycles. The SMILES string of the molecule is COCC(C)CC(NN)c1ccc2cccnc2c1. The highest BCUT2D eigenvalue weighted by Gasteiger charge is 2.14. The van der Waals surface area contributed by atoms with E-state index in [2.05, 4.69) is 41.6 Å². The van der Waals surface area contributed by atoms with Crippen molar-refractivity contribution in [2.45, 2.75) is 19.4 Å². The lowest BCUT2D eigenvalue weighted by molar-refractivity contribution is 0.149. The van der Waals surface area contributed by atoms with Gasteiger partial charge in [-0.05, 0) is 30.0 Å². The number of nitrogens with one attached hydrogen (secondary N) is 1. The molecule has 1 aromatic heterocycles. The van der Waals surface area contributed by atoms with Gasteiger partial charge in [0.1, 0.15) is 0 Å². The molecular weight excluding hydrogens is 238 g/mol. The van der Waals surface area contributed by atoms with Crippen molar-refractivity contribution in [3.8, 4) is 0 Å². The number of nitrogens with two attached hydrogens (primary N) is 1. The van der Waals surface area contributed by atoms with Crippen LogP contribution in [-0.2, 0) is 4.74 Å². The Kier molecular flexibility index (Phi) is 4.85. The lowest BCUT2D eigenvalue weighted by Crippen LogP contribution is -2.30. The first-order chi connectivity index (χ1) is 9.24. The minimum absolute atomic E-state index is 0.122. The van der Waals surface area contributed by atoms with E-state index in [-0.39, 0.29) is 6.04 Å². The molecule has 0 spiro atoms. The fourth-order valence-electron chi connectivity index (χ4n) is 2.36. The van der Waals surface area contributed by atoms with Crippen LogP contribution < -0.4 is 11.3 Å². The second-order valence-corrected chi connectivity index (χ2v) is 4.97. The molecular formula is C15H21N3O. The molecule has 0 fully saturated rings. The van der Waals surface area contributed by atoms with E-state index >= 15 is 0 Å². The number of ether oxygens (including phenoxy) is 1. The normalized spacial score (nSPS) is 14.5. The van der Waals surface area contributed by atoms with E-state index in [1.807, 2.05) is 12.3 Å². The Morgan fingerprint density at radius 2 is 2.21 bits per heavy atom. The van der Waals surface area contributed by atoms with Gasteiger partial charge in [0.25, 0.3) is 0 Å². The van der Waals surface area contributed by atoms with Gasteiger partial charge in [0.15, 0.2) is 0 Å². The predicted molar refractivity (Wildman–Crippen MR) is 77.5 cm³/mol. The predicted octanol–water partition coefficient (Wildman–Crippen LogP) is 2.41. The van der Waals surface area contributed by atoms with E-state index in [1.165, 1.54) is 0 Å². The third-order valence-corrected chi connectivity index (χ3v) is 3.32. The molecule has 0 saturated carbocycles. The highest BCUT2D eigenvalue weighted by molar-refractivity contribution is 5.78. The van der Waals surface area contributed by atoms with Crippen LogP contribution in [0.15, 0.2) is 36.5 Å². The van der Waals surface area contributed by atoms with Gasteiger partial charge in [-0.3, -0.25) is 16.3 Å². The van der Waals surface area contributed by atoms with Crippen LogP contribution in [-0.4, -0.2) is 18.7 Å². The Balaban J connectivity index is 2.20. The largest absolute Gasteiger partial charge is 0.384 e. The molecule has 0 amide bonds. The van der Waals surface area contributed by atoms with Crippen LogP contribution in [0.5, 0.6) is 0 Å². The Morgan fingerprint density at radius 1 is 1.37 bits per heavy atom. The van der Waals surface area contributed by atoms with Gasteiger partial charge >= 0.3 is 0 Å². The molecule has 2 atom stereocenters. The zero-order valence-electron chi connectivity index (χ0n) is 11.5. The average Bonchev–Trinajstić information content (AvgIpc) is 2.44. The van der Waals surface area contributed by atoms with Crippen molar-refractivity contribution >= 4 is 10.9 Å². The van der Waals surface area contributed by atoms with Gasteiger partial charge < -0.3 is 4.74 Å². The molecule has 2 unspecified atom stereocenters. The summed E-state index contributed by atoms with van der Waals surface area (Å²) < 4.78 is 5.17. The Hall–Kier alpha value is -1.49.